The zero-order chi connectivity index (χ0) is 10.3. The summed E-state index contributed by atoms with van der Waals surface area (Å²) in [6, 6.07) is 8.41. The second-order valence-corrected chi connectivity index (χ2v) is 4.81. The number of aliphatic hydroxyl groups is 1. The molecule has 1 aromatic rings. The first-order valence-electron chi connectivity index (χ1n) is 5.82. The van der Waals surface area contributed by atoms with Crippen molar-refractivity contribution in [2.75, 3.05) is 13.1 Å². The topological polar surface area (TPSA) is 32.3 Å². The van der Waals surface area contributed by atoms with E-state index in [1.165, 1.54) is 17.5 Å². The average molecular weight is 203 g/mol. The highest BCUT2D eigenvalue weighted by Gasteiger charge is 2.44. The minimum absolute atomic E-state index is 0.487. The molecule has 1 aliphatic carbocycles. The van der Waals surface area contributed by atoms with E-state index in [1.807, 2.05) is 6.07 Å². The van der Waals surface area contributed by atoms with Crippen LogP contribution in [0.15, 0.2) is 24.3 Å². The lowest BCUT2D eigenvalue weighted by molar-refractivity contribution is 0.150. The Morgan fingerprint density at radius 1 is 1.27 bits per heavy atom. The summed E-state index contributed by atoms with van der Waals surface area (Å²) >= 11 is 0. The standard InChI is InChI=1S/C13H17NO/c15-13(6-7-13)12-4-2-1-3-11(12)10-5-8-14-9-10/h1-4,10,14-15H,5-9H2. The van der Waals surface area contributed by atoms with Crippen LogP contribution in [0.25, 0.3) is 0 Å². The highest BCUT2D eigenvalue weighted by atomic mass is 16.3. The monoisotopic (exact) mass is 203 g/mol. The van der Waals surface area contributed by atoms with Gasteiger partial charge in [0, 0.05) is 6.54 Å². The molecule has 0 amide bonds. The molecule has 2 heteroatoms. The van der Waals surface area contributed by atoms with Crippen LogP contribution in [-0.4, -0.2) is 18.2 Å². The van der Waals surface area contributed by atoms with Crippen LogP contribution in [0, 0.1) is 0 Å². The normalized spacial score (nSPS) is 27.9. The van der Waals surface area contributed by atoms with E-state index in [0.717, 1.165) is 25.9 Å². The van der Waals surface area contributed by atoms with Crippen LogP contribution < -0.4 is 5.32 Å². The van der Waals surface area contributed by atoms with Gasteiger partial charge in [-0.2, -0.15) is 0 Å². The Morgan fingerprint density at radius 2 is 2.07 bits per heavy atom. The Kier molecular flexibility index (Phi) is 2.08. The molecule has 80 valence electrons. The van der Waals surface area contributed by atoms with E-state index in [-0.39, 0.29) is 0 Å². The molecule has 2 nitrogen and oxygen atoms in total. The lowest BCUT2D eigenvalue weighted by Gasteiger charge is -2.18. The molecule has 0 spiro atoms. The Labute approximate surface area is 90.3 Å². The largest absolute Gasteiger partial charge is 0.385 e. The Bertz CT molecular complexity index is 365. The lowest BCUT2D eigenvalue weighted by atomic mass is 9.90. The lowest BCUT2D eigenvalue weighted by Crippen LogP contribution is -2.13. The molecule has 15 heavy (non-hydrogen) atoms. The van der Waals surface area contributed by atoms with Gasteiger partial charge in [-0.3, -0.25) is 0 Å². The van der Waals surface area contributed by atoms with Gasteiger partial charge >= 0.3 is 0 Å². The summed E-state index contributed by atoms with van der Waals surface area (Å²) in [6.07, 6.45) is 3.07. The van der Waals surface area contributed by atoms with Gasteiger partial charge in [0.25, 0.3) is 0 Å². The van der Waals surface area contributed by atoms with Crippen molar-refractivity contribution < 1.29 is 5.11 Å². The molecule has 0 bridgehead atoms. The van der Waals surface area contributed by atoms with Gasteiger partial charge in [0.05, 0.1) is 5.60 Å². The summed E-state index contributed by atoms with van der Waals surface area (Å²) in [7, 11) is 0. The summed E-state index contributed by atoms with van der Waals surface area (Å²) in [5.41, 5.74) is 2.06. The van der Waals surface area contributed by atoms with E-state index in [4.69, 9.17) is 0 Å². The molecule has 3 rings (SSSR count). The molecule has 0 aromatic heterocycles. The summed E-state index contributed by atoms with van der Waals surface area (Å²) in [5, 5.41) is 13.6. The van der Waals surface area contributed by atoms with Gasteiger partial charge in [-0.1, -0.05) is 24.3 Å². The zero-order valence-corrected chi connectivity index (χ0v) is 8.87. The predicted molar refractivity (Wildman–Crippen MR) is 59.8 cm³/mol. The second-order valence-electron chi connectivity index (χ2n) is 4.81. The third-order valence-corrected chi connectivity index (χ3v) is 3.69. The maximum Gasteiger partial charge on any atom is 0.0901 e. The SMILES string of the molecule is OC1(c2ccccc2C2CCNC2)CC1. The van der Waals surface area contributed by atoms with Gasteiger partial charge in [-0.15, -0.1) is 0 Å². The van der Waals surface area contributed by atoms with Crippen LogP contribution in [-0.2, 0) is 5.60 Å². The molecular formula is C13H17NO. The maximum atomic E-state index is 10.2. The predicted octanol–water partition coefficient (Wildman–Crippen LogP) is 1.74. The van der Waals surface area contributed by atoms with Gasteiger partial charge < -0.3 is 10.4 Å². The van der Waals surface area contributed by atoms with E-state index in [1.54, 1.807) is 0 Å². The van der Waals surface area contributed by atoms with Gasteiger partial charge in [-0.05, 0) is 42.9 Å². The quantitative estimate of drug-likeness (QED) is 0.767. The van der Waals surface area contributed by atoms with Crippen molar-refractivity contribution in [1.82, 2.24) is 5.32 Å². The summed E-state index contributed by atoms with van der Waals surface area (Å²) in [4.78, 5) is 0. The first-order chi connectivity index (χ1) is 7.30. The summed E-state index contributed by atoms with van der Waals surface area (Å²) in [6.45, 7) is 2.17. The molecule has 2 aliphatic rings. The third-order valence-electron chi connectivity index (χ3n) is 3.69. The minimum Gasteiger partial charge on any atom is -0.385 e. The van der Waals surface area contributed by atoms with Crippen molar-refractivity contribution in [3.05, 3.63) is 35.4 Å². The molecule has 1 atom stereocenters. The fraction of sp³-hybridized carbons (Fsp3) is 0.538. The number of hydrogen-bond donors (Lipinski definition) is 2. The molecule has 1 aromatic carbocycles. The van der Waals surface area contributed by atoms with Crippen LogP contribution in [0.3, 0.4) is 0 Å². The fourth-order valence-corrected chi connectivity index (χ4v) is 2.58. The molecule has 0 radical (unpaired) electrons. The highest BCUT2D eigenvalue weighted by Crippen LogP contribution is 2.48. The van der Waals surface area contributed by atoms with E-state index >= 15 is 0 Å². The van der Waals surface area contributed by atoms with E-state index < -0.39 is 5.60 Å². The van der Waals surface area contributed by atoms with Crippen molar-refractivity contribution >= 4 is 0 Å². The summed E-state index contributed by atoms with van der Waals surface area (Å²) in [5.74, 6) is 0.603. The van der Waals surface area contributed by atoms with Crippen LogP contribution in [0.4, 0.5) is 0 Å². The van der Waals surface area contributed by atoms with Gasteiger partial charge in [0.1, 0.15) is 0 Å². The second kappa shape index (κ2) is 3.32. The molecule has 1 heterocycles. The van der Waals surface area contributed by atoms with Crippen molar-refractivity contribution in [3.8, 4) is 0 Å². The van der Waals surface area contributed by atoms with Crippen LogP contribution in [0.2, 0.25) is 0 Å². The molecule has 1 aliphatic heterocycles. The van der Waals surface area contributed by atoms with E-state index in [9.17, 15) is 5.11 Å². The smallest absolute Gasteiger partial charge is 0.0901 e. The first kappa shape index (κ1) is 9.37. The summed E-state index contributed by atoms with van der Waals surface area (Å²) < 4.78 is 0. The fourth-order valence-electron chi connectivity index (χ4n) is 2.58. The minimum atomic E-state index is -0.487. The van der Waals surface area contributed by atoms with E-state index in [2.05, 4.69) is 23.5 Å². The molecule has 1 saturated heterocycles. The average Bonchev–Trinajstić information content (AvgIpc) is 2.84. The number of rotatable bonds is 2. The molecule has 2 fully saturated rings. The van der Waals surface area contributed by atoms with E-state index in [0.29, 0.717) is 5.92 Å². The Morgan fingerprint density at radius 3 is 2.73 bits per heavy atom. The van der Waals surface area contributed by atoms with Gasteiger partial charge in [-0.25, -0.2) is 0 Å². The molecule has 2 N–H and O–H groups in total. The van der Waals surface area contributed by atoms with Crippen LogP contribution >= 0.6 is 0 Å². The van der Waals surface area contributed by atoms with Gasteiger partial charge in [0.2, 0.25) is 0 Å². The Hall–Kier alpha value is -0.860. The van der Waals surface area contributed by atoms with Gasteiger partial charge in [0.15, 0.2) is 0 Å². The number of benzene rings is 1. The van der Waals surface area contributed by atoms with Crippen molar-refractivity contribution in [2.45, 2.75) is 30.8 Å². The molecule has 1 unspecified atom stereocenters. The van der Waals surface area contributed by atoms with Crippen LogP contribution in [0.5, 0.6) is 0 Å². The highest BCUT2D eigenvalue weighted by molar-refractivity contribution is 5.38. The molecular weight excluding hydrogens is 186 g/mol. The zero-order valence-electron chi connectivity index (χ0n) is 8.87. The van der Waals surface area contributed by atoms with Crippen molar-refractivity contribution in [1.29, 1.82) is 0 Å². The van der Waals surface area contributed by atoms with Crippen molar-refractivity contribution in [3.63, 3.8) is 0 Å². The third kappa shape index (κ3) is 1.58. The molecule has 1 saturated carbocycles. The van der Waals surface area contributed by atoms with Crippen molar-refractivity contribution in [2.24, 2.45) is 0 Å². The first-order valence-corrected chi connectivity index (χ1v) is 5.82. The van der Waals surface area contributed by atoms with Crippen LogP contribution in [0.1, 0.15) is 36.3 Å². The maximum absolute atomic E-state index is 10.2. The number of hydrogen-bond acceptors (Lipinski definition) is 2. The number of nitrogens with one attached hydrogen (secondary N) is 1. The Balaban J connectivity index is 1.98.